The lowest BCUT2D eigenvalue weighted by Gasteiger charge is -2.12. The number of fused-ring (bicyclic) bond motifs is 1. The second-order valence-corrected chi connectivity index (χ2v) is 6.59. The van der Waals surface area contributed by atoms with Crippen LogP contribution in [-0.2, 0) is 16.6 Å². The van der Waals surface area contributed by atoms with Crippen LogP contribution in [0.15, 0.2) is 29.4 Å². The van der Waals surface area contributed by atoms with Gasteiger partial charge in [0.1, 0.15) is 6.54 Å². The van der Waals surface area contributed by atoms with E-state index in [4.69, 9.17) is 0 Å². The number of carbonyl (C=O) groups excluding carboxylic acids is 2. The Morgan fingerprint density at radius 1 is 1.43 bits per heavy atom. The molecule has 2 aromatic rings. The van der Waals surface area contributed by atoms with Gasteiger partial charge in [-0.05, 0) is 12.1 Å². The summed E-state index contributed by atoms with van der Waals surface area (Å²) in [6, 6.07) is 7.96. The van der Waals surface area contributed by atoms with E-state index in [0.717, 1.165) is 10.2 Å². The lowest BCUT2D eigenvalue weighted by atomic mass is 10.3. The highest BCUT2D eigenvalue weighted by molar-refractivity contribution is 8.00. The lowest BCUT2D eigenvalue weighted by molar-refractivity contribution is -0.132. The van der Waals surface area contributed by atoms with E-state index in [1.165, 1.54) is 28.0 Å². The van der Waals surface area contributed by atoms with Crippen molar-refractivity contribution in [1.29, 1.82) is 0 Å². The molecule has 0 radical (unpaired) electrons. The highest BCUT2D eigenvalue weighted by Crippen LogP contribution is 2.15. The van der Waals surface area contributed by atoms with Crippen LogP contribution in [0.2, 0.25) is 0 Å². The van der Waals surface area contributed by atoms with E-state index >= 15 is 0 Å². The van der Waals surface area contributed by atoms with Crippen LogP contribution in [0.5, 0.6) is 0 Å². The fourth-order valence-electron chi connectivity index (χ4n) is 2.05. The molecule has 1 aliphatic rings. The number of benzene rings is 1. The molecule has 110 valence electrons. The van der Waals surface area contributed by atoms with Crippen LogP contribution >= 0.6 is 23.1 Å². The molecule has 0 unspecified atom stereocenters. The summed E-state index contributed by atoms with van der Waals surface area (Å²) in [6.45, 7) is 0.0595. The Morgan fingerprint density at radius 2 is 2.24 bits per heavy atom. The van der Waals surface area contributed by atoms with Crippen molar-refractivity contribution in [3.8, 4) is 0 Å². The Balaban J connectivity index is 1.73. The van der Waals surface area contributed by atoms with Crippen LogP contribution in [0.4, 0.5) is 0 Å². The van der Waals surface area contributed by atoms with E-state index in [9.17, 15) is 9.59 Å². The molecule has 1 aromatic heterocycles. The van der Waals surface area contributed by atoms with Gasteiger partial charge in [-0.25, -0.2) is 5.43 Å². The van der Waals surface area contributed by atoms with E-state index in [2.05, 4.69) is 10.5 Å². The van der Waals surface area contributed by atoms with E-state index in [1.54, 1.807) is 0 Å². The molecule has 3 rings (SSSR count). The maximum atomic E-state index is 11.8. The first kappa shape index (κ1) is 14.2. The maximum absolute atomic E-state index is 11.8. The fourth-order valence-corrected chi connectivity index (χ4v) is 3.93. The summed E-state index contributed by atoms with van der Waals surface area (Å²) >= 11 is 3.02. The van der Waals surface area contributed by atoms with Crippen molar-refractivity contribution in [1.82, 2.24) is 14.9 Å². The molecular weight excluding hydrogens is 308 g/mol. The van der Waals surface area contributed by atoms with Gasteiger partial charge in [-0.1, -0.05) is 23.5 Å². The molecular formula is C13H14N4O2S2. The van der Waals surface area contributed by atoms with E-state index in [-0.39, 0.29) is 18.4 Å². The summed E-state index contributed by atoms with van der Waals surface area (Å²) in [7, 11) is 1.91. The number of hydrogen-bond acceptors (Lipinski definition) is 5. The summed E-state index contributed by atoms with van der Waals surface area (Å²) in [4.78, 5) is 25.5. The average molecular weight is 322 g/mol. The number of nitrogens with zero attached hydrogens (tertiary/aromatic N) is 3. The van der Waals surface area contributed by atoms with E-state index < -0.39 is 0 Å². The summed E-state index contributed by atoms with van der Waals surface area (Å²) in [5, 5.41) is 4.15. The Bertz CT molecular complexity index is 765. The number of aromatic nitrogens is 1. The van der Waals surface area contributed by atoms with Crippen molar-refractivity contribution in [2.75, 3.05) is 18.2 Å². The van der Waals surface area contributed by atoms with E-state index in [0.29, 0.717) is 16.4 Å². The quantitative estimate of drug-likeness (QED) is 0.846. The highest BCUT2D eigenvalue weighted by Gasteiger charge is 2.22. The molecule has 1 N–H and O–H groups in total. The van der Waals surface area contributed by atoms with Crippen molar-refractivity contribution in [3.05, 3.63) is 29.1 Å². The first-order chi connectivity index (χ1) is 10.1. The average Bonchev–Trinajstić information content (AvgIpc) is 3.02. The van der Waals surface area contributed by atoms with Crippen LogP contribution in [-0.4, -0.2) is 39.5 Å². The zero-order chi connectivity index (χ0) is 14.8. The first-order valence-corrected chi connectivity index (χ1v) is 8.35. The smallest absolute Gasteiger partial charge is 0.259 e. The zero-order valence-corrected chi connectivity index (χ0v) is 13.0. The predicted octanol–water partition coefficient (Wildman–Crippen LogP) is 0.705. The molecule has 8 heteroatoms. The third kappa shape index (κ3) is 2.96. The Morgan fingerprint density at radius 3 is 2.95 bits per heavy atom. The number of thioether (sulfide) groups is 1. The van der Waals surface area contributed by atoms with Gasteiger partial charge in [0.15, 0.2) is 0 Å². The molecule has 0 saturated carbocycles. The van der Waals surface area contributed by atoms with Gasteiger partial charge in [0, 0.05) is 7.05 Å². The molecule has 0 spiro atoms. The normalized spacial score (nSPS) is 16.0. The van der Waals surface area contributed by atoms with Crippen molar-refractivity contribution < 1.29 is 9.59 Å². The summed E-state index contributed by atoms with van der Waals surface area (Å²) < 4.78 is 3.04. The summed E-state index contributed by atoms with van der Waals surface area (Å²) in [5.41, 5.74) is 3.59. The molecule has 0 aliphatic carbocycles. The van der Waals surface area contributed by atoms with Gasteiger partial charge >= 0.3 is 0 Å². The molecule has 0 atom stereocenters. The standard InChI is InChI=1S/C13H14N4O2S2/c1-16-9-4-2-3-5-10(9)21-13(16)15-14-11(18)6-17-8-20-7-12(17)19/h2-5H,6-8H2,1H3,(H,14,18)/b15-13+. The summed E-state index contributed by atoms with van der Waals surface area (Å²) in [6.07, 6.45) is 0. The van der Waals surface area contributed by atoms with Crippen molar-refractivity contribution in [2.24, 2.45) is 12.1 Å². The van der Waals surface area contributed by atoms with Crippen LogP contribution in [0.3, 0.4) is 0 Å². The lowest BCUT2D eigenvalue weighted by Crippen LogP contribution is -2.37. The zero-order valence-electron chi connectivity index (χ0n) is 11.4. The third-order valence-electron chi connectivity index (χ3n) is 3.15. The predicted molar refractivity (Wildman–Crippen MR) is 83.5 cm³/mol. The number of para-hydroxylation sites is 1. The third-order valence-corrected chi connectivity index (χ3v) is 5.21. The molecule has 1 fully saturated rings. The number of carbonyl (C=O) groups is 2. The van der Waals surface area contributed by atoms with Gasteiger partial charge < -0.3 is 9.47 Å². The van der Waals surface area contributed by atoms with Crippen LogP contribution < -0.4 is 10.2 Å². The van der Waals surface area contributed by atoms with Gasteiger partial charge in [-0.3, -0.25) is 9.59 Å². The minimum atomic E-state index is -0.275. The van der Waals surface area contributed by atoms with Crippen LogP contribution in [0, 0.1) is 0 Å². The number of amides is 2. The number of thiazole rings is 1. The fraction of sp³-hybridized carbons (Fsp3) is 0.308. The molecule has 2 amide bonds. The van der Waals surface area contributed by atoms with Gasteiger partial charge in [0.25, 0.3) is 5.91 Å². The number of rotatable bonds is 3. The van der Waals surface area contributed by atoms with Crippen molar-refractivity contribution in [3.63, 3.8) is 0 Å². The summed E-state index contributed by atoms with van der Waals surface area (Å²) in [5.74, 6) is 0.754. The van der Waals surface area contributed by atoms with Gasteiger partial charge in [0.2, 0.25) is 10.7 Å². The first-order valence-electron chi connectivity index (χ1n) is 6.38. The second-order valence-electron chi connectivity index (χ2n) is 4.63. The molecule has 21 heavy (non-hydrogen) atoms. The SMILES string of the molecule is Cn1/c(=N\NC(=O)CN2CSCC2=O)sc2ccccc21. The van der Waals surface area contributed by atoms with Gasteiger partial charge in [-0.15, -0.1) is 16.9 Å². The Hall–Kier alpha value is -1.80. The largest absolute Gasteiger partial charge is 0.323 e. The monoisotopic (exact) mass is 322 g/mol. The molecule has 0 bridgehead atoms. The molecule has 1 saturated heterocycles. The minimum Gasteiger partial charge on any atom is -0.323 e. The van der Waals surface area contributed by atoms with Gasteiger partial charge in [-0.2, -0.15) is 0 Å². The molecule has 1 aromatic carbocycles. The topological polar surface area (TPSA) is 66.7 Å². The van der Waals surface area contributed by atoms with E-state index in [1.807, 2.05) is 35.9 Å². The number of aryl methyl sites for hydroxylation is 1. The Labute approximate surface area is 129 Å². The number of nitrogens with one attached hydrogen (secondary N) is 1. The van der Waals surface area contributed by atoms with Crippen molar-refractivity contribution in [2.45, 2.75) is 0 Å². The Kier molecular flexibility index (Phi) is 3.98. The molecule has 6 nitrogen and oxygen atoms in total. The minimum absolute atomic E-state index is 0.00238. The van der Waals surface area contributed by atoms with Gasteiger partial charge in [0.05, 0.1) is 21.8 Å². The molecule has 1 aliphatic heterocycles. The maximum Gasteiger partial charge on any atom is 0.259 e. The number of hydrogen-bond donors (Lipinski definition) is 1. The van der Waals surface area contributed by atoms with Crippen LogP contribution in [0.1, 0.15) is 0 Å². The van der Waals surface area contributed by atoms with Crippen LogP contribution in [0.25, 0.3) is 10.2 Å². The highest BCUT2D eigenvalue weighted by atomic mass is 32.2. The molecule has 2 heterocycles. The van der Waals surface area contributed by atoms with Crippen molar-refractivity contribution >= 4 is 45.1 Å². The second kappa shape index (κ2) is 5.90.